The molecule has 20 heavy (non-hydrogen) atoms. The van der Waals surface area contributed by atoms with Crippen molar-refractivity contribution in [1.29, 1.82) is 0 Å². The summed E-state index contributed by atoms with van der Waals surface area (Å²) in [6.07, 6.45) is 15.0. The third-order valence-corrected chi connectivity index (χ3v) is 7.82. The summed E-state index contributed by atoms with van der Waals surface area (Å²) in [4.78, 5) is 11.8. The second-order valence-corrected chi connectivity index (χ2v) is 8.61. The summed E-state index contributed by atoms with van der Waals surface area (Å²) in [5.74, 6) is 3.77. The van der Waals surface area contributed by atoms with E-state index in [0.29, 0.717) is 22.5 Å². The lowest BCUT2D eigenvalue weighted by molar-refractivity contribution is -0.121. The number of carbonyl (C=O) groups is 1. The summed E-state index contributed by atoms with van der Waals surface area (Å²) in [7, 11) is 0. The number of ketones is 1. The number of allylic oxidation sites excluding steroid dienone is 2. The fourth-order valence-corrected chi connectivity index (χ4v) is 6.63. The van der Waals surface area contributed by atoms with E-state index in [1.165, 1.54) is 44.9 Å². The summed E-state index contributed by atoms with van der Waals surface area (Å²) in [5.41, 5.74) is 0.972. The highest BCUT2D eigenvalue weighted by molar-refractivity contribution is 5.91. The van der Waals surface area contributed by atoms with E-state index in [2.05, 4.69) is 19.9 Å². The van der Waals surface area contributed by atoms with Crippen molar-refractivity contribution in [3.63, 3.8) is 0 Å². The normalized spacial score (nSPS) is 54.2. The maximum Gasteiger partial charge on any atom is 0.155 e. The van der Waals surface area contributed by atoms with Gasteiger partial charge in [-0.25, -0.2) is 0 Å². The largest absolute Gasteiger partial charge is 0.295 e. The van der Waals surface area contributed by atoms with Crippen molar-refractivity contribution in [2.75, 3.05) is 0 Å². The zero-order valence-electron chi connectivity index (χ0n) is 13.0. The van der Waals surface area contributed by atoms with Gasteiger partial charge in [-0.15, -0.1) is 0 Å². The Bertz CT molecular complexity index is 464. The quantitative estimate of drug-likeness (QED) is 0.621. The third kappa shape index (κ3) is 1.64. The number of fused-ring (bicyclic) bond motifs is 5. The molecule has 0 aromatic rings. The highest BCUT2D eigenvalue weighted by Gasteiger charge is 2.56. The standard InChI is InChI=1S/C19H28O/c1-18-9-3-4-16(18)15-6-5-13-12-14(20)7-11-19(13,2)17(15)8-10-18/h7,11,13,15-17H,3-6,8-10,12H2,1-2H3/t13-,15-,16-,17-,18-,19-/m0/s1. The van der Waals surface area contributed by atoms with Crippen LogP contribution in [0.3, 0.4) is 0 Å². The Morgan fingerprint density at radius 2 is 1.90 bits per heavy atom. The van der Waals surface area contributed by atoms with E-state index in [-0.39, 0.29) is 0 Å². The molecule has 6 atom stereocenters. The number of carbonyl (C=O) groups excluding carboxylic acids is 1. The molecule has 4 aliphatic rings. The van der Waals surface area contributed by atoms with Crippen LogP contribution in [0.5, 0.6) is 0 Å². The average molecular weight is 272 g/mol. The number of rotatable bonds is 0. The molecule has 0 bridgehead atoms. The van der Waals surface area contributed by atoms with Gasteiger partial charge < -0.3 is 0 Å². The molecule has 0 spiro atoms. The van der Waals surface area contributed by atoms with Crippen LogP contribution in [0.1, 0.15) is 65.2 Å². The molecule has 4 rings (SSSR count). The Balaban J connectivity index is 1.68. The van der Waals surface area contributed by atoms with E-state index in [9.17, 15) is 4.79 Å². The summed E-state index contributed by atoms with van der Waals surface area (Å²) in [6.45, 7) is 5.03. The molecule has 0 radical (unpaired) electrons. The molecule has 0 aromatic heterocycles. The maximum atomic E-state index is 11.8. The van der Waals surface area contributed by atoms with Gasteiger partial charge in [0.05, 0.1) is 0 Å². The Morgan fingerprint density at radius 3 is 2.75 bits per heavy atom. The molecule has 4 aliphatic carbocycles. The molecule has 0 aliphatic heterocycles. The van der Waals surface area contributed by atoms with Crippen molar-refractivity contribution in [3.8, 4) is 0 Å². The van der Waals surface area contributed by atoms with Crippen LogP contribution in [0.25, 0.3) is 0 Å². The van der Waals surface area contributed by atoms with Gasteiger partial charge in [0.25, 0.3) is 0 Å². The van der Waals surface area contributed by atoms with E-state index in [1.807, 2.05) is 6.08 Å². The predicted octanol–water partition coefficient (Wildman–Crippen LogP) is 4.76. The second-order valence-electron chi connectivity index (χ2n) is 8.61. The number of hydrogen-bond acceptors (Lipinski definition) is 1. The van der Waals surface area contributed by atoms with Crippen LogP contribution in [0.15, 0.2) is 12.2 Å². The molecule has 3 saturated carbocycles. The van der Waals surface area contributed by atoms with Crippen LogP contribution in [0.4, 0.5) is 0 Å². The molecular weight excluding hydrogens is 244 g/mol. The Morgan fingerprint density at radius 1 is 1.05 bits per heavy atom. The van der Waals surface area contributed by atoms with E-state index in [4.69, 9.17) is 0 Å². The van der Waals surface area contributed by atoms with Gasteiger partial charge in [0.15, 0.2) is 5.78 Å². The minimum atomic E-state index is 0.320. The van der Waals surface area contributed by atoms with Crippen molar-refractivity contribution in [3.05, 3.63) is 12.2 Å². The molecule has 1 nitrogen and oxygen atoms in total. The lowest BCUT2D eigenvalue weighted by Gasteiger charge is -2.58. The first-order valence-corrected chi connectivity index (χ1v) is 8.75. The lowest BCUT2D eigenvalue weighted by atomic mass is 9.46. The first-order chi connectivity index (χ1) is 9.53. The average Bonchev–Trinajstić information content (AvgIpc) is 2.81. The molecule has 110 valence electrons. The van der Waals surface area contributed by atoms with Gasteiger partial charge in [0, 0.05) is 6.42 Å². The highest BCUT2D eigenvalue weighted by atomic mass is 16.1. The summed E-state index contributed by atoms with van der Waals surface area (Å²) < 4.78 is 0. The fraction of sp³-hybridized carbons (Fsp3) is 0.842. The van der Waals surface area contributed by atoms with Gasteiger partial charge in [-0.1, -0.05) is 26.3 Å². The molecule has 0 unspecified atom stereocenters. The molecular formula is C19H28O. The molecule has 0 heterocycles. The van der Waals surface area contributed by atoms with Crippen LogP contribution in [-0.2, 0) is 4.79 Å². The second kappa shape index (κ2) is 4.21. The van der Waals surface area contributed by atoms with Gasteiger partial charge >= 0.3 is 0 Å². The number of hydrogen-bond donors (Lipinski definition) is 0. The van der Waals surface area contributed by atoms with Crippen LogP contribution >= 0.6 is 0 Å². The van der Waals surface area contributed by atoms with Crippen molar-refractivity contribution < 1.29 is 4.79 Å². The zero-order chi connectivity index (χ0) is 14.0. The summed E-state index contributed by atoms with van der Waals surface area (Å²) in [5, 5.41) is 0. The lowest BCUT2D eigenvalue weighted by Crippen LogP contribution is -2.51. The van der Waals surface area contributed by atoms with Gasteiger partial charge in [-0.05, 0) is 79.1 Å². The monoisotopic (exact) mass is 272 g/mol. The van der Waals surface area contributed by atoms with Crippen molar-refractivity contribution in [2.45, 2.75) is 65.2 Å². The molecule has 0 amide bonds. The SMILES string of the molecule is C[C@@]12CCC[C@H]1[C@@H]1CC[C@H]3CC(=O)C=C[C@]3(C)[C@H]1CC2. The predicted molar refractivity (Wildman–Crippen MR) is 81.3 cm³/mol. The molecule has 0 N–H and O–H groups in total. The maximum absolute atomic E-state index is 11.8. The minimum Gasteiger partial charge on any atom is -0.295 e. The van der Waals surface area contributed by atoms with Crippen LogP contribution < -0.4 is 0 Å². The molecule has 0 aromatic carbocycles. The highest BCUT2D eigenvalue weighted by Crippen LogP contribution is 2.64. The Labute approximate surface area is 123 Å². The van der Waals surface area contributed by atoms with E-state index in [1.54, 1.807) is 0 Å². The summed E-state index contributed by atoms with van der Waals surface area (Å²) >= 11 is 0. The van der Waals surface area contributed by atoms with Crippen LogP contribution in [-0.4, -0.2) is 5.78 Å². The van der Waals surface area contributed by atoms with Crippen LogP contribution in [0.2, 0.25) is 0 Å². The van der Waals surface area contributed by atoms with E-state index in [0.717, 1.165) is 24.2 Å². The smallest absolute Gasteiger partial charge is 0.155 e. The minimum absolute atomic E-state index is 0.320. The first kappa shape index (κ1) is 13.1. The Hall–Kier alpha value is -0.590. The first-order valence-electron chi connectivity index (χ1n) is 8.75. The topological polar surface area (TPSA) is 17.1 Å². The zero-order valence-corrected chi connectivity index (χ0v) is 13.0. The molecule has 0 saturated heterocycles. The Kier molecular flexibility index (Phi) is 2.76. The van der Waals surface area contributed by atoms with E-state index < -0.39 is 0 Å². The van der Waals surface area contributed by atoms with E-state index >= 15 is 0 Å². The van der Waals surface area contributed by atoms with Crippen molar-refractivity contribution in [2.24, 2.45) is 34.5 Å². The third-order valence-electron chi connectivity index (χ3n) is 7.82. The molecule has 1 heteroatoms. The van der Waals surface area contributed by atoms with Crippen molar-refractivity contribution in [1.82, 2.24) is 0 Å². The van der Waals surface area contributed by atoms with Gasteiger partial charge in [-0.2, -0.15) is 0 Å². The van der Waals surface area contributed by atoms with Gasteiger partial charge in [0.1, 0.15) is 0 Å². The summed E-state index contributed by atoms with van der Waals surface area (Å²) in [6, 6.07) is 0. The van der Waals surface area contributed by atoms with Crippen molar-refractivity contribution >= 4 is 5.78 Å². The molecule has 3 fully saturated rings. The fourth-order valence-electron chi connectivity index (χ4n) is 6.63. The van der Waals surface area contributed by atoms with Crippen LogP contribution in [0, 0.1) is 34.5 Å². The van der Waals surface area contributed by atoms with Gasteiger partial charge in [0.2, 0.25) is 0 Å². The van der Waals surface area contributed by atoms with Gasteiger partial charge in [-0.3, -0.25) is 4.79 Å².